The average molecular weight is 265 g/mol. The molecule has 6 heteroatoms. The van der Waals surface area contributed by atoms with Crippen LogP contribution in [0.5, 0.6) is 0 Å². The van der Waals surface area contributed by atoms with Crippen LogP contribution in [-0.4, -0.2) is 46.0 Å². The number of carbonyl (C=O) groups is 3. The number of carbonyl (C=O) groups excluding carboxylic acids is 1. The van der Waals surface area contributed by atoms with Gasteiger partial charge in [-0.3, -0.25) is 9.59 Å². The summed E-state index contributed by atoms with van der Waals surface area (Å²) in [7, 11) is 1.36. The number of hydrogen-bond donors (Lipinski definition) is 2. The smallest absolute Gasteiger partial charge is 0.326 e. The Labute approximate surface area is 110 Å². The molecule has 0 aliphatic heterocycles. The molecule has 1 atom stereocenters. The molecular weight excluding hydrogens is 250 g/mol. The number of amides is 1. The molecule has 2 N–H and O–H groups in total. The summed E-state index contributed by atoms with van der Waals surface area (Å²) in [5.41, 5.74) is 0.367. The molecule has 1 aromatic rings. The maximum atomic E-state index is 12.1. The molecule has 0 saturated carbocycles. The van der Waals surface area contributed by atoms with Gasteiger partial charge in [-0.25, -0.2) is 4.79 Å². The fourth-order valence-electron chi connectivity index (χ4n) is 1.67. The second-order valence-electron chi connectivity index (χ2n) is 4.07. The van der Waals surface area contributed by atoms with E-state index < -0.39 is 23.9 Å². The number of carboxylic acid groups (broad SMARTS) is 2. The molecular formula is C13H15NO5. The number of aliphatic carboxylic acids is 2. The molecule has 0 bridgehead atoms. The Hall–Kier alpha value is -2.37. The Bertz CT molecular complexity index is 471. The zero-order valence-corrected chi connectivity index (χ0v) is 10.4. The Morgan fingerprint density at radius 3 is 2.21 bits per heavy atom. The van der Waals surface area contributed by atoms with Gasteiger partial charge in [0.25, 0.3) is 5.91 Å². The van der Waals surface area contributed by atoms with Gasteiger partial charge in [0.05, 0.1) is 0 Å². The minimum Gasteiger partial charge on any atom is -0.481 e. The standard InChI is InChI=1S/C13H15NO5/c1-14(10(13(18)19)7-8-11(15)16)12(17)9-5-3-2-4-6-9/h2-6,10H,7-8H2,1H3,(H,15,16)(H,18,19)/t10-/m0/s1. The quantitative estimate of drug-likeness (QED) is 0.802. The Balaban J connectivity index is 2.82. The number of rotatable bonds is 6. The van der Waals surface area contributed by atoms with Crippen molar-refractivity contribution in [2.24, 2.45) is 0 Å². The van der Waals surface area contributed by atoms with Crippen LogP contribution in [0.25, 0.3) is 0 Å². The predicted molar refractivity (Wildman–Crippen MR) is 66.8 cm³/mol. The van der Waals surface area contributed by atoms with Crippen molar-refractivity contribution in [2.45, 2.75) is 18.9 Å². The molecule has 0 aromatic heterocycles. The Kier molecular flexibility index (Phi) is 5.05. The lowest BCUT2D eigenvalue weighted by Crippen LogP contribution is -2.42. The molecule has 0 aliphatic rings. The zero-order valence-electron chi connectivity index (χ0n) is 10.4. The lowest BCUT2D eigenvalue weighted by atomic mass is 10.1. The molecule has 1 amide bonds. The SMILES string of the molecule is CN(C(=O)c1ccccc1)[C@@H](CCC(=O)O)C(=O)O. The fraction of sp³-hybridized carbons (Fsp3) is 0.308. The highest BCUT2D eigenvalue weighted by molar-refractivity contribution is 5.96. The first kappa shape index (κ1) is 14.7. The van der Waals surface area contributed by atoms with Gasteiger partial charge in [-0.05, 0) is 18.6 Å². The second kappa shape index (κ2) is 6.53. The van der Waals surface area contributed by atoms with Crippen molar-refractivity contribution >= 4 is 17.8 Å². The third kappa shape index (κ3) is 4.09. The lowest BCUT2D eigenvalue weighted by molar-refractivity contribution is -0.143. The van der Waals surface area contributed by atoms with Gasteiger partial charge in [-0.15, -0.1) is 0 Å². The summed E-state index contributed by atoms with van der Waals surface area (Å²) < 4.78 is 0. The van der Waals surface area contributed by atoms with E-state index in [0.717, 1.165) is 4.90 Å². The van der Waals surface area contributed by atoms with Crippen molar-refractivity contribution < 1.29 is 24.6 Å². The molecule has 0 aliphatic carbocycles. The molecule has 0 unspecified atom stereocenters. The van der Waals surface area contributed by atoms with E-state index in [9.17, 15) is 14.4 Å². The van der Waals surface area contributed by atoms with Crippen LogP contribution in [0.2, 0.25) is 0 Å². The monoisotopic (exact) mass is 265 g/mol. The van der Waals surface area contributed by atoms with Gasteiger partial charge in [-0.1, -0.05) is 18.2 Å². The van der Waals surface area contributed by atoms with Crippen molar-refractivity contribution in [3.63, 3.8) is 0 Å². The largest absolute Gasteiger partial charge is 0.481 e. The maximum absolute atomic E-state index is 12.1. The van der Waals surface area contributed by atoms with Gasteiger partial charge < -0.3 is 15.1 Å². The minimum absolute atomic E-state index is 0.125. The topological polar surface area (TPSA) is 94.9 Å². The van der Waals surface area contributed by atoms with Crippen LogP contribution in [0.4, 0.5) is 0 Å². The second-order valence-corrected chi connectivity index (χ2v) is 4.07. The van der Waals surface area contributed by atoms with E-state index in [1.165, 1.54) is 7.05 Å². The molecule has 6 nitrogen and oxygen atoms in total. The number of nitrogens with zero attached hydrogens (tertiary/aromatic N) is 1. The first-order valence-electron chi connectivity index (χ1n) is 5.70. The van der Waals surface area contributed by atoms with E-state index in [0.29, 0.717) is 5.56 Å². The van der Waals surface area contributed by atoms with Crippen molar-refractivity contribution in [1.29, 1.82) is 0 Å². The molecule has 0 spiro atoms. The first-order chi connectivity index (χ1) is 8.93. The normalized spacial score (nSPS) is 11.6. The highest BCUT2D eigenvalue weighted by Crippen LogP contribution is 2.11. The van der Waals surface area contributed by atoms with Gasteiger partial charge in [0.1, 0.15) is 6.04 Å². The molecule has 0 radical (unpaired) electrons. The van der Waals surface area contributed by atoms with Gasteiger partial charge >= 0.3 is 11.9 Å². The van der Waals surface area contributed by atoms with Crippen LogP contribution in [-0.2, 0) is 9.59 Å². The molecule has 1 rings (SSSR count). The maximum Gasteiger partial charge on any atom is 0.326 e. The fourth-order valence-corrected chi connectivity index (χ4v) is 1.67. The molecule has 0 fully saturated rings. The summed E-state index contributed by atoms with van der Waals surface area (Å²) in [5, 5.41) is 17.7. The molecule has 0 heterocycles. The van der Waals surface area contributed by atoms with E-state index in [-0.39, 0.29) is 12.8 Å². The van der Waals surface area contributed by atoms with Crippen LogP contribution >= 0.6 is 0 Å². The number of benzene rings is 1. The Morgan fingerprint density at radius 1 is 1.16 bits per heavy atom. The number of hydrogen-bond acceptors (Lipinski definition) is 3. The van der Waals surface area contributed by atoms with Crippen molar-refractivity contribution in [2.75, 3.05) is 7.05 Å². The third-order valence-electron chi connectivity index (χ3n) is 2.73. The van der Waals surface area contributed by atoms with E-state index in [1.54, 1.807) is 30.3 Å². The molecule has 102 valence electrons. The predicted octanol–water partition coefficient (Wildman–Crippen LogP) is 1.08. The van der Waals surface area contributed by atoms with Gasteiger partial charge in [0, 0.05) is 19.0 Å². The summed E-state index contributed by atoms with van der Waals surface area (Å²) in [4.78, 5) is 34.7. The summed E-state index contributed by atoms with van der Waals surface area (Å²) >= 11 is 0. The van der Waals surface area contributed by atoms with Gasteiger partial charge in [-0.2, -0.15) is 0 Å². The third-order valence-corrected chi connectivity index (χ3v) is 2.73. The highest BCUT2D eigenvalue weighted by Gasteiger charge is 2.27. The van der Waals surface area contributed by atoms with Crippen LogP contribution in [0.15, 0.2) is 30.3 Å². The van der Waals surface area contributed by atoms with E-state index >= 15 is 0 Å². The van der Waals surface area contributed by atoms with E-state index in [1.807, 2.05) is 0 Å². The highest BCUT2D eigenvalue weighted by atomic mass is 16.4. The number of likely N-dealkylation sites (N-methyl/N-ethyl adjacent to an activating group) is 1. The zero-order chi connectivity index (χ0) is 14.4. The first-order valence-corrected chi connectivity index (χ1v) is 5.70. The van der Waals surface area contributed by atoms with Crippen LogP contribution in [0.1, 0.15) is 23.2 Å². The lowest BCUT2D eigenvalue weighted by Gasteiger charge is -2.24. The molecule has 1 aromatic carbocycles. The van der Waals surface area contributed by atoms with E-state index in [2.05, 4.69) is 0 Å². The average Bonchev–Trinajstić information content (AvgIpc) is 2.38. The van der Waals surface area contributed by atoms with Crippen LogP contribution in [0.3, 0.4) is 0 Å². The van der Waals surface area contributed by atoms with E-state index in [4.69, 9.17) is 10.2 Å². The number of carboxylic acids is 2. The Morgan fingerprint density at radius 2 is 1.74 bits per heavy atom. The van der Waals surface area contributed by atoms with Crippen molar-refractivity contribution in [1.82, 2.24) is 4.90 Å². The van der Waals surface area contributed by atoms with Crippen LogP contribution in [0, 0.1) is 0 Å². The van der Waals surface area contributed by atoms with Gasteiger partial charge in [0.15, 0.2) is 0 Å². The minimum atomic E-state index is -1.21. The van der Waals surface area contributed by atoms with Crippen molar-refractivity contribution in [3.05, 3.63) is 35.9 Å². The van der Waals surface area contributed by atoms with Crippen LogP contribution < -0.4 is 0 Å². The summed E-state index contributed by atoms with van der Waals surface area (Å²) in [5.74, 6) is -2.75. The van der Waals surface area contributed by atoms with Gasteiger partial charge in [0.2, 0.25) is 0 Å². The summed E-state index contributed by atoms with van der Waals surface area (Å²) in [6.45, 7) is 0. The summed E-state index contributed by atoms with van der Waals surface area (Å²) in [6.07, 6.45) is -0.427. The summed E-state index contributed by atoms with van der Waals surface area (Å²) in [6, 6.07) is 7.10. The molecule has 0 saturated heterocycles. The van der Waals surface area contributed by atoms with Crippen molar-refractivity contribution in [3.8, 4) is 0 Å². The molecule has 19 heavy (non-hydrogen) atoms.